The SMILES string of the molecule is CCOc1cc(-c2occ(CC)c2C(=O)O)ccc1OC. The van der Waals surface area contributed by atoms with Gasteiger partial charge in [0.2, 0.25) is 0 Å². The second-order valence-corrected chi connectivity index (χ2v) is 4.42. The summed E-state index contributed by atoms with van der Waals surface area (Å²) in [6.45, 7) is 4.25. The summed E-state index contributed by atoms with van der Waals surface area (Å²) < 4.78 is 16.2. The molecule has 0 atom stereocenters. The van der Waals surface area contributed by atoms with Gasteiger partial charge in [-0.25, -0.2) is 4.79 Å². The van der Waals surface area contributed by atoms with Gasteiger partial charge < -0.3 is 19.0 Å². The molecule has 2 rings (SSSR count). The van der Waals surface area contributed by atoms with Crippen molar-refractivity contribution in [3.8, 4) is 22.8 Å². The molecule has 0 saturated heterocycles. The lowest BCUT2D eigenvalue weighted by molar-refractivity contribution is 0.0696. The van der Waals surface area contributed by atoms with E-state index in [1.54, 1.807) is 25.3 Å². The number of aryl methyl sites for hydroxylation is 1. The fourth-order valence-electron chi connectivity index (χ4n) is 2.19. The van der Waals surface area contributed by atoms with Gasteiger partial charge in [-0.1, -0.05) is 6.92 Å². The molecule has 0 radical (unpaired) electrons. The average Bonchev–Trinajstić information content (AvgIpc) is 2.91. The molecule has 1 aromatic heterocycles. The Kier molecular flexibility index (Phi) is 4.52. The van der Waals surface area contributed by atoms with Crippen molar-refractivity contribution in [1.82, 2.24) is 0 Å². The summed E-state index contributed by atoms with van der Waals surface area (Å²) in [5, 5.41) is 9.39. The summed E-state index contributed by atoms with van der Waals surface area (Å²) in [5.74, 6) is 0.496. The molecular weight excluding hydrogens is 272 g/mol. The van der Waals surface area contributed by atoms with E-state index in [1.165, 1.54) is 6.26 Å². The van der Waals surface area contributed by atoms with Crippen molar-refractivity contribution in [3.05, 3.63) is 35.6 Å². The summed E-state index contributed by atoms with van der Waals surface area (Å²) in [5.41, 5.74) is 1.52. The maximum atomic E-state index is 11.5. The van der Waals surface area contributed by atoms with Crippen LogP contribution in [0.1, 0.15) is 29.8 Å². The molecule has 112 valence electrons. The van der Waals surface area contributed by atoms with E-state index in [2.05, 4.69) is 0 Å². The molecule has 5 nitrogen and oxygen atoms in total. The van der Waals surface area contributed by atoms with Crippen molar-refractivity contribution in [2.75, 3.05) is 13.7 Å². The standard InChI is InChI=1S/C16H18O5/c1-4-10-9-21-15(14(10)16(17)18)11-6-7-12(19-3)13(8-11)20-5-2/h6-9H,4-5H2,1-3H3,(H,17,18). The van der Waals surface area contributed by atoms with E-state index in [0.29, 0.717) is 41.4 Å². The van der Waals surface area contributed by atoms with Crippen LogP contribution in [0.25, 0.3) is 11.3 Å². The molecule has 0 saturated carbocycles. The summed E-state index contributed by atoms with van der Waals surface area (Å²) in [6, 6.07) is 5.22. The predicted molar refractivity (Wildman–Crippen MR) is 78.2 cm³/mol. The van der Waals surface area contributed by atoms with Crippen LogP contribution in [0.4, 0.5) is 0 Å². The molecule has 0 unspecified atom stereocenters. The average molecular weight is 290 g/mol. The predicted octanol–water partition coefficient (Wildman–Crippen LogP) is 3.61. The molecular formula is C16H18O5. The van der Waals surface area contributed by atoms with Gasteiger partial charge in [0.15, 0.2) is 11.5 Å². The summed E-state index contributed by atoms with van der Waals surface area (Å²) >= 11 is 0. The number of rotatable bonds is 6. The zero-order chi connectivity index (χ0) is 15.4. The van der Waals surface area contributed by atoms with Crippen LogP contribution < -0.4 is 9.47 Å². The van der Waals surface area contributed by atoms with Gasteiger partial charge in [0.25, 0.3) is 0 Å². The normalized spacial score (nSPS) is 10.4. The van der Waals surface area contributed by atoms with Crippen molar-refractivity contribution in [1.29, 1.82) is 0 Å². The van der Waals surface area contributed by atoms with Gasteiger partial charge in [0.05, 0.1) is 20.0 Å². The van der Waals surface area contributed by atoms with Crippen LogP contribution in [0.2, 0.25) is 0 Å². The minimum Gasteiger partial charge on any atom is -0.493 e. The Morgan fingerprint density at radius 2 is 2.05 bits per heavy atom. The first-order chi connectivity index (χ1) is 10.1. The van der Waals surface area contributed by atoms with E-state index < -0.39 is 5.97 Å². The van der Waals surface area contributed by atoms with Gasteiger partial charge in [-0.2, -0.15) is 0 Å². The number of carboxylic acid groups (broad SMARTS) is 1. The molecule has 0 fully saturated rings. The van der Waals surface area contributed by atoms with Crippen LogP contribution in [0.5, 0.6) is 11.5 Å². The molecule has 0 aliphatic rings. The topological polar surface area (TPSA) is 68.9 Å². The van der Waals surface area contributed by atoms with Crippen molar-refractivity contribution >= 4 is 5.97 Å². The maximum absolute atomic E-state index is 11.5. The summed E-state index contributed by atoms with van der Waals surface area (Å²) in [6.07, 6.45) is 2.09. The molecule has 2 aromatic rings. The van der Waals surface area contributed by atoms with Gasteiger partial charge in [0, 0.05) is 11.1 Å². The first-order valence-electron chi connectivity index (χ1n) is 6.77. The highest BCUT2D eigenvalue weighted by atomic mass is 16.5. The van der Waals surface area contributed by atoms with Gasteiger partial charge in [-0.3, -0.25) is 0 Å². The molecule has 0 spiro atoms. The number of carbonyl (C=O) groups is 1. The van der Waals surface area contributed by atoms with Crippen molar-refractivity contribution in [2.45, 2.75) is 20.3 Å². The molecule has 0 aliphatic heterocycles. The molecule has 1 heterocycles. The van der Waals surface area contributed by atoms with E-state index >= 15 is 0 Å². The Bertz CT molecular complexity index is 642. The van der Waals surface area contributed by atoms with Gasteiger partial charge in [-0.05, 0) is 31.5 Å². The van der Waals surface area contributed by atoms with E-state index in [0.717, 1.165) is 0 Å². The number of hydrogen-bond acceptors (Lipinski definition) is 4. The van der Waals surface area contributed by atoms with Gasteiger partial charge in [0.1, 0.15) is 11.3 Å². The molecule has 0 bridgehead atoms. The third kappa shape index (κ3) is 2.86. The second kappa shape index (κ2) is 6.35. The molecule has 1 N–H and O–H groups in total. The van der Waals surface area contributed by atoms with Gasteiger partial charge >= 0.3 is 5.97 Å². The minimum atomic E-state index is -0.996. The van der Waals surface area contributed by atoms with E-state index in [-0.39, 0.29) is 5.56 Å². The number of carboxylic acids is 1. The number of ether oxygens (including phenoxy) is 2. The van der Waals surface area contributed by atoms with Crippen LogP contribution in [0.3, 0.4) is 0 Å². The van der Waals surface area contributed by atoms with Crippen LogP contribution >= 0.6 is 0 Å². The summed E-state index contributed by atoms with van der Waals surface area (Å²) in [7, 11) is 1.56. The molecule has 21 heavy (non-hydrogen) atoms. The Labute approximate surface area is 123 Å². The van der Waals surface area contributed by atoms with Crippen molar-refractivity contribution < 1.29 is 23.8 Å². The highest BCUT2D eigenvalue weighted by molar-refractivity contribution is 5.96. The Morgan fingerprint density at radius 1 is 1.29 bits per heavy atom. The Hall–Kier alpha value is -2.43. The van der Waals surface area contributed by atoms with Gasteiger partial charge in [-0.15, -0.1) is 0 Å². The third-order valence-corrected chi connectivity index (χ3v) is 3.19. The lowest BCUT2D eigenvalue weighted by Crippen LogP contribution is -2.01. The highest BCUT2D eigenvalue weighted by Crippen LogP contribution is 2.35. The fourth-order valence-corrected chi connectivity index (χ4v) is 2.19. The minimum absolute atomic E-state index is 0.199. The molecule has 0 amide bonds. The number of benzene rings is 1. The molecule has 1 aromatic carbocycles. The second-order valence-electron chi connectivity index (χ2n) is 4.42. The van der Waals surface area contributed by atoms with E-state index in [1.807, 2.05) is 13.8 Å². The van der Waals surface area contributed by atoms with Crippen LogP contribution in [0, 0.1) is 0 Å². The van der Waals surface area contributed by atoms with Crippen LogP contribution in [0.15, 0.2) is 28.9 Å². The fraction of sp³-hybridized carbons (Fsp3) is 0.312. The molecule has 5 heteroatoms. The smallest absolute Gasteiger partial charge is 0.339 e. The lowest BCUT2D eigenvalue weighted by Gasteiger charge is -2.10. The largest absolute Gasteiger partial charge is 0.493 e. The maximum Gasteiger partial charge on any atom is 0.339 e. The number of furan rings is 1. The lowest BCUT2D eigenvalue weighted by atomic mass is 10.0. The number of methoxy groups -OCH3 is 1. The zero-order valence-electron chi connectivity index (χ0n) is 12.3. The monoisotopic (exact) mass is 290 g/mol. The first-order valence-corrected chi connectivity index (χ1v) is 6.77. The first kappa shape index (κ1) is 15.0. The van der Waals surface area contributed by atoms with Crippen molar-refractivity contribution in [2.24, 2.45) is 0 Å². The Morgan fingerprint density at radius 3 is 2.62 bits per heavy atom. The number of aromatic carboxylic acids is 1. The van der Waals surface area contributed by atoms with Crippen LogP contribution in [-0.2, 0) is 6.42 Å². The van der Waals surface area contributed by atoms with E-state index in [4.69, 9.17) is 13.9 Å². The Balaban J connectivity index is 2.54. The van der Waals surface area contributed by atoms with E-state index in [9.17, 15) is 9.90 Å². The third-order valence-electron chi connectivity index (χ3n) is 3.19. The number of hydrogen-bond donors (Lipinski definition) is 1. The van der Waals surface area contributed by atoms with Crippen molar-refractivity contribution in [3.63, 3.8) is 0 Å². The molecule has 0 aliphatic carbocycles. The quantitative estimate of drug-likeness (QED) is 0.880. The van der Waals surface area contributed by atoms with Crippen LogP contribution in [-0.4, -0.2) is 24.8 Å². The highest BCUT2D eigenvalue weighted by Gasteiger charge is 2.21. The summed E-state index contributed by atoms with van der Waals surface area (Å²) in [4.78, 5) is 11.5. The zero-order valence-corrected chi connectivity index (χ0v) is 12.3.